The molecule has 2 aromatic heterocycles. The van der Waals surface area contributed by atoms with Gasteiger partial charge in [0.25, 0.3) is 11.5 Å². The monoisotopic (exact) mass is 547 g/mol. The number of hydrogen-bond donors (Lipinski definition) is 3. The lowest BCUT2D eigenvalue weighted by atomic mass is 10.0. The minimum absolute atomic E-state index is 0.0482. The van der Waals surface area contributed by atoms with Crippen molar-refractivity contribution in [3.8, 4) is 11.1 Å². The molecule has 0 radical (unpaired) electrons. The van der Waals surface area contributed by atoms with E-state index in [1.807, 2.05) is 4.72 Å². The quantitative estimate of drug-likeness (QED) is 0.259. The second-order valence-corrected chi connectivity index (χ2v) is 10.9. The molecular weight excluding hydrogens is 522 g/mol. The number of carbonyl (C=O) groups excluding carboxylic acids is 1. The number of pyridine rings is 1. The van der Waals surface area contributed by atoms with Gasteiger partial charge in [-0.3, -0.25) is 14.8 Å². The van der Waals surface area contributed by atoms with E-state index < -0.39 is 51.0 Å². The fourth-order valence-electron chi connectivity index (χ4n) is 4.23. The number of halogens is 2. The fraction of sp³-hybridized carbons (Fsp3) is 0.280. The van der Waals surface area contributed by atoms with Crippen LogP contribution in [0.2, 0.25) is 0 Å². The summed E-state index contributed by atoms with van der Waals surface area (Å²) < 4.78 is 57.5. The number of nitrogens with one attached hydrogen (secondary N) is 2. The molecule has 3 aromatic rings. The molecule has 202 valence electrons. The Morgan fingerprint density at radius 1 is 1.39 bits per heavy atom. The van der Waals surface area contributed by atoms with Gasteiger partial charge in [-0.15, -0.1) is 0 Å². The Kier molecular flexibility index (Phi) is 7.65. The summed E-state index contributed by atoms with van der Waals surface area (Å²) in [6, 6.07) is 5.19. The predicted molar refractivity (Wildman–Crippen MR) is 137 cm³/mol. The first-order valence-electron chi connectivity index (χ1n) is 11.7. The Morgan fingerprint density at radius 2 is 2.11 bits per heavy atom. The van der Waals surface area contributed by atoms with E-state index in [4.69, 9.17) is 0 Å². The van der Waals surface area contributed by atoms with Crippen LogP contribution in [0.5, 0.6) is 0 Å². The highest BCUT2D eigenvalue weighted by Gasteiger charge is 2.38. The predicted octanol–water partition coefficient (Wildman–Crippen LogP) is 3.73. The molecule has 10 nitrogen and oxygen atoms in total. The smallest absolute Gasteiger partial charge is 0.282 e. The van der Waals surface area contributed by atoms with Crippen molar-refractivity contribution >= 4 is 26.8 Å². The molecule has 1 fully saturated rings. The largest absolute Gasteiger partial charge is 0.762 e. The van der Waals surface area contributed by atoms with E-state index in [-0.39, 0.29) is 44.9 Å². The van der Waals surface area contributed by atoms with Gasteiger partial charge in [-0.25, -0.2) is 21.9 Å². The lowest BCUT2D eigenvalue weighted by Gasteiger charge is -2.28. The SMILES string of the molecule is C=C(F)/C(=C\C(CC)N([O-])O)Cn1c(C(=O)NS(=O)(=O)C2CC2)c(-c2ccc[nH]c2=O)c2cc(F)ccc21. The number of carbonyl (C=O) groups is 1. The number of amides is 1. The van der Waals surface area contributed by atoms with Crippen molar-refractivity contribution in [2.75, 3.05) is 0 Å². The van der Waals surface area contributed by atoms with Gasteiger partial charge in [-0.2, -0.15) is 0 Å². The third kappa shape index (κ3) is 5.45. The van der Waals surface area contributed by atoms with Gasteiger partial charge in [0.05, 0.1) is 11.8 Å². The molecule has 13 heteroatoms. The average Bonchev–Trinajstić information content (AvgIpc) is 3.66. The number of fused-ring (bicyclic) bond motifs is 1. The summed E-state index contributed by atoms with van der Waals surface area (Å²) in [5.41, 5.74) is -1.09. The maximum atomic E-state index is 14.6. The molecule has 1 saturated carbocycles. The van der Waals surface area contributed by atoms with Crippen molar-refractivity contribution < 1.29 is 27.2 Å². The fourth-order valence-corrected chi connectivity index (χ4v) is 5.51. The molecule has 0 saturated heterocycles. The number of H-pyrrole nitrogens is 1. The van der Waals surface area contributed by atoms with Crippen LogP contribution in [0.25, 0.3) is 22.0 Å². The maximum Gasteiger partial charge on any atom is 0.282 e. The molecule has 0 aliphatic heterocycles. The van der Waals surface area contributed by atoms with Gasteiger partial charge in [0.1, 0.15) is 17.3 Å². The number of aromatic amines is 1. The van der Waals surface area contributed by atoms with Crippen molar-refractivity contribution in [3.05, 3.63) is 87.7 Å². The molecule has 0 spiro atoms. The summed E-state index contributed by atoms with van der Waals surface area (Å²) in [7, 11) is -4.05. The lowest BCUT2D eigenvalue weighted by Crippen LogP contribution is -2.35. The highest BCUT2D eigenvalue weighted by Crippen LogP contribution is 2.36. The number of rotatable bonds is 10. The van der Waals surface area contributed by atoms with Crippen LogP contribution >= 0.6 is 0 Å². The van der Waals surface area contributed by atoms with Gasteiger partial charge >= 0.3 is 0 Å². The van der Waals surface area contributed by atoms with Crippen LogP contribution < -0.4 is 10.3 Å². The topological polar surface area (TPSA) is 148 Å². The van der Waals surface area contributed by atoms with Crippen LogP contribution in [0.1, 0.15) is 36.7 Å². The lowest BCUT2D eigenvalue weighted by molar-refractivity contribution is -0.0651. The summed E-state index contributed by atoms with van der Waals surface area (Å²) in [6.45, 7) is 4.40. The number of benzene rings is 1. The van der Waals surface area contributed by atoms with Crippen molar-refractivity contribution in [1.82, 2.24) is 19.5 Å². The first-order chi connectivity index (χ1) is 17.9. The number of allylic oxidation sites excluding steroid dienone is 2. The molecule has 1 atom stereocenters. The van der Waals surface area contributed by atoms with Gasteiger partial charge in [-0.05, 0) is 49.6 Å². The Bertz CT molecular complexity index is 1610. The normalized spacial score (nSPS) is 15.2. The third-order valence-electron chi connectivity index (χ3n) is 6.30. The van der Waals surface area contributed by atoms with E-state index in [0.29, 0.717) is 12.8 Å². The van der Waals surface area contributed by atoms with E-state index in [9.17, 15) is 37.2 Å². The summed E-state index contributed by atoms with van der Waals surface area (Å²) >= 11 is 0. The van der Waals surface area contributed by atoms with E-state index in [1.165, 1.54) is 29.0 Å². The van der Waals surface area contributed by atoms with E-state index in [1.54, 1.807) is 6.92 Å². The molecule has 1 aliphatic rings. The zero-order valence-corrected chi connectivity index (χ0v) is 21.1. The Hall–Kier alpha value is -3.65. The van der Waals surface area contributed by atoms with Gasteiger partial charge < -0.3 is 20.0 Å². The average molecular weight is 548 g/mol. The summed E-state index contributed by atoms with van der Waals surface area (Å²) in [4.78, 5) is 28.8. The maximum absolute atomic E-state index is 14.6. The second-order valence-electron chi connectivity index (χ2n) is 8.93. The Balaban J connectivity index is 2.02. The van der Waals surface area contributed by atoms with Crippen LogP contribution in [-0.2, 0) is 16.6 Å². The van der Waals surface area contributed by atoms with Crippen molar-refractivity contribution in [2.24, 2.45) is 0 Å². The number of sulfonamides is 1. The van der Waals surface area contributed by atoms with Gasteiger partial charge in [-0.1, -0.05) is 19.6 Å². The standard InChI is InChI=1S/C25H25F2N4O6S/c1-3-17(31(34)35)11-15(14(2)26)13-30-21-9-6-16(27)12-20(21)22(19-5-4-10-28-24(19)32)23(30)25(33)29-38(36,37)18-7-8-18/h4-6,9-12,17-18,34H,2-3,7-8,13H2,1H3,(H,28,32)(H,29,33)/q-1/b15-11-. The molecule has 3 N–H and O–H groups in total. The zero-order chi connectivity index (χ0) is 27.8. The van der Waals surface area contributed by atoms with Crippen LogP contribution in [0.3, 0.4) is 0 Å². The Morgan fingerprint density at radius 3 is 2.68 bits per heavy atom. The molecular formula is C25H25F2N4O6S-. The van der Waals surface area contributed by atoms with Crippen LogP contribution in [-0.4, -0.2) is 45.6 Å². The van der Waals surface area contributed by atoms with Crippen LogP contribution in [0.4, 0.5) is 8.78 Å². The molecule has 4 rings (SSSR count). The number of hydrogen-bond acceptors (Lipinski definition) is 7. The highest BCUT2D eigenvalue weighted by atomic mass is 32.2. The zero-order valence-electron chi connectivity index (χ0n) is 20.3. The highest BCUT2D eigenvalue weighted by molar-refractivity contribution is 7.91. The minimum Gasteiger partial charge on any atom is -0.762 e. The first-order valence-corrected chi connectivity index (χ1v) is 13.3. The van der Waals surface area contributed by atoms with Gasteiger partial charge in [0.2, 0.25) is 10.0 Å². The number of hydroxylamine groups is 2. The molecule has 2 heterocycles. The van der Waals surface area contributed by atoms with Crippen molar-refractivity contribution in [3.63, 3.8) is 0 Å². The molecule has 1 aromatic carbocycles. The Labute approximate surface area is 216 Å². The third-order valence-corrected chi connectivity index (χ3v) is 8.12. The van der Waals surface area contributed by atoms with E-state index in [0.717, 1.165) is 18.2 Å². The van der Waals surface area contributed by atoms with Crippen LogP contribution in [0.15, 0.2) is 65.4 Å². The molecule has 1 aliphatic carbocycles. The summed E-state index contributed by atoms with van der Waals surface area (Å²) in [5, 5.41) is 19.9. The number of aromatic nitrogens is 2. The van der Waals surface area contributed by atoms with Gasteiger partial charge in [0, 0.05) is 39.8 Å². The summed E-state index contributed by atoms with van der Waals surface area (Å²) in [6.07, 6.45) is 3.34. The van der Waals surface area contributed by atoms with Crippen LogP contribution in [0, 0.1) is 11.0 Å². The summed E-state index contributed by atoms with van der Waals surface area (Å²) in [5.74, 6) is -2.78. The molecule has 1 amide bonds. The van der Waals surface area contributed by atoms with Gasteiger partial charge in [0.15, 0.2) is 0 Å². The number of nitrogens with zero attached hydrogens (tertiary/aromatic N) is 2. The first kappa shape index (κ1) is 27.4. The molecule has 1 unspecified atom stereocenters. The van der Waals surface area contributed by atoms with E-state index >= 15 is 0 Å². The molecule has 38 heavy (non-hydrogen) atoms. The van der Waals surface area contributed by atoms with Crippen molar-refractivity contribution in [2.45, 2.75) is 44.0 Å². The van der Waals surface area contributed by atoms with Crippen molar-refractivity contribution in [1.29, 1.82) is 0 Å². The van der Waals surface area contributed by atoms with E-state index in [2.05, 4.69) is 11.6 Å². The molecule has 0 bridgehead atoms. The minimum atomic E-state index is -4.05. The second kappa shape index (κ2) is 10.6.